The lowest BCUT2D eigenvalue weighted by molar-refractivity contribution is -0.130. The van der Waals surface area contributed by atoms with E-state index >= 15 is 0 Å². The number of aliphatic hydroxyl groups is 1. The lowest BCUT2D eigenvalue weighted by atomic mass is 9.86. The van der Waals surface area contributed by atoms with Crippen molar-refractivity contribution in [1.82, 2.24) is 5.32 Å². The van der Waals surface area contributed by atoms with Gasteiger partial charge in [-0.1, -0.05) is 33.6 Å². The highest BCUT2D eigenvalue weighted by atomic mass is 16.3. The van der Waals surface area contributed by atoms with Gasteiger partial charge in [0.1, 0.15) is 0 Å². The molecule has 3 heteroatoms. The number of carbonyl (C=O) groups excluding carboxylic acids is 1. The number of amides is 1. The summed E-state index contributed by atoms with van der Waals surface area (Å²) in [7, 11) is 0. The summed E-state index contributed by atoms with van der Waals surface area (Å²) in [4.78, 5) is 11.8. The fourth-order valence-electron chi connectivity index (χ4n) is 1.27. The van der Waals surface area contributed by atoms with Gasteiger partial charge in [0.15, 0.2) is 0 Å². The summed E-state index contributed by atoms with van der Waals surface area (Å²) >= 11 is 0. The molecule has 1 amide bonds. The van der Waals surface area contributed by atoms with Gasteiger partial charge >= 0.3 is 0 Å². The van der Waals surface area contributed by atoms with Crippen molar-refractivity contribution in [2.75, 3.05) is 6.54 Å². The molecule has 0 aromatic heterocycles. The maximum atomic E-state index is 11.8. The maximum absolute atomic E-state index is 11.8. The second-order valence-corrected chi connectivity index (χ2v) is 5.48. The van der Waals surface area contributed by atoms with Gasteiger partial charge in [0.2, 0.25) is 5.91 Å². The molecule has 0 heterocycles. The van der Waals surface area contributed by atoms with E-state index in [9.17, 15) is 9.90 Å². The molecular weight excluding hydrogens is 190 g/mol. The van der Waals surface area contributed by atoms with Crippen LogP contribution in [0.15, 0.2) is 0 Å². The van der Waals surface area contributed by atoms with Crippen LogP contribution in [0.1, 0.15) is 53.9 Å². The number of carbonyl (C=O) groups is 1. The summed E-state index contributed by atoms with van der Waals surface area (Å²) in [6.45, 7) is 9.69. The molecule has 0 aromatic rings. The fraction of sp³-hybridized carbons (Fsp3) is 0.917. The van der Waals surface area contributed by atoms with Crippen molar-refractivity contribution in [3.63, 3.8) is 0 Å². The molecular formula is C12H25NO2. The molecule has 0 saturated carbocycles. The Bertz CT molecular complexity index is 204. The molecule has 0 spiro atoms. The standard InChI is InChI=1S/C12H25NO2/c1-6-7-8-11(2,3)10(14)13-9-12(4,5)15/h15H,6-9H2,1-5H3,(H,13,14). The zero-order chi connectivity index (χ0) is 12.1. The first-order chi connectivity index (χ1) is 6.69. The molecule has 0 fully saturated rings. The first-order valence-corrected chi connectivity index (χ1v) is 5.70. The van der Waals surface area contributed by atoms with Gasteiger partial charge in [-0.25, -0.2) is 0 Å². The lowest BCUT2D eigenvalue weighted by Crippen LogP contribution is -2.44. The molecule has 0 atom stereocenters. The third kappa shape index (κ3) is 6.50. The van der Waals surface area contributed by atoms with Gasteiger partial charge in [-0.05, 0) is 20.3 Å². The quantitative estimate of drug-likeness (QED) is 0.713. The summed E-state index contributed by atoms with van der Waals surface area (Å²) in [5, 5.41) is 12.3. The van der Waals surface area contributed by atoms with Crippen LogP contribution in [0.3, 0.4) is 0 Å². The highest BCUT2D eigenvalue weighted by Gasteiger charge is 2.27. The number of hydrogen-bond donors (Lipinski definition) is 2. The maximum Gasteiger partial charge on any atom is 0.225 e. The Hall–Kier alpha value is -0.570. The van der Waals surface area contributed by atoms with Crippen molar-refractivity contribution in [1.29, 1.82) is 0 Å². The summed E-state index contributed by atoms with van der Waals surface area (Å²) in [6, 6.07) is 0. The van der Waals surface area contributed by atoms with E-state index < -0.39 is 5.60 Å². The fourth-order valence-corrected chi connectivity index (χ4v) is 1.27. The Balaban J connectivity index is 4.08. The van der Waals surface area contributed by atoms with Crippen LogP contribution in [0.2, 0.25) is 0 Å². The van der Waals surface area contributed by atoms with Gasteiger partial charge in [0.05, 0.1) is 5.60 Å². The van der Waals surface area contributed by atoms with E-state index in [1.54, 1.807) is 13.8 Å². The molecule has 0 aliphatic rings. The van der Waals surface area contributed by atoms with Crippen molar-refractivity contribution in [2.24, 2.45) is 5.41 Å². The van der Waals surface area contributed by atoms with Gasteiger partial charge in [-0.3, -0.25) is 4.79 Å². The first-order valence-electron chi connectivity index (χ1n) is 5.70. The Morgan fingerprint density at radius 3 is 2.20 bits per heavy atom. The number of unbranched alkanes of at least 4 members (excludes halogenated alkanes) is 1. The molecule has 90 valence electrons. The topological polar surface area (TPSA) is 49.3 Å². The van der Waals surface area contributed by atoms with Gasteiger partial charge in [-0.15, -0.1) is 0 Å². The van der Waals surface area contributed by atoms with Crippen LogP contribution in [0, 0.1) is 5.41 Å². The molecule has 3 nitrogen and oxygen atoms in total. The normalized spacial score (nSPS) is 12.7. The van der Waals surface area contributed by atoms with Crippen LogP contribution in [0.4, 0.5) is 0 Å². The third-order valence-electron chi connectivity index (χ3n) is 2.45. The first kappa shape index (κ1) is 14.4. The number of hydrogen-bond acceptors (Lipinski definition) is 2. The second-order valence-electron chi connectivity index (χ2n) is 5.48. The van der Waals surface area contributed by atoms with Crippen LogP contribution < -0.4 is 5.32 Å². The van der Waals surface area contributed by atoms with Crippen molar-refractivity contribution in [3.05, 3.63) is 0 Å². The van der Waals surface area contributed by atoms with E-state index in [1.807, 2.05) is 13.8 Å². The molecule has 0 bridgehead atoms. The van der Waals surface area contributed by atoms with Gasteiger partial charge in [-0.2, -0.15) is 0 Å². The molecule has 0 radical (unpaired) electrons. The minimum Gasteiger partial charge on any atom is -0.389 e. The Labute approximate surface area is 93.3 Å². The van der Waals surface area contributed by atoms with E-state index in [-0.39, 0.29) is 11.3 Å². The molecule has 0 aliphatic heterocycles. The minimum atomic E-state index is -0.837. The van der Waals surface area contributed by atoms with E-state index in [0.717, 1.165) is 19.3 Å². The minimum absolute atomic E-state index is 0.0260. The Morgan fingerprint density at radius 1 is 1.27 bits per heavy atom. The summed E-state index contributed by atoms with van der Waals surface area (Å²) in [5.74, 6) is 0.0260. The average molecular weight is 215 g/mol. The van der Waals surface area contributed by atoms with E-state index in [4.69, 9.17) is 0 Å². The van der Waals surface area contributed by atoms with E-state index in [0.29, 0.717) is 6.54 Å². The smallest absolute Gasteiger partial charge is 0.225 e. The SMILES string of the molecule is CCCCC(C)(C)C(=O)NCC(C)(C)O. The average Bonchev–Trinajstić information content (AvgIpc) is 2.09. The van der Waals surface area contributed by atoms with Crippen molar-refractivity contribution < 1.29 is 9.90 Å². The molecule has 0 aromatic carbocycles. The largest absolute Gasteiger partial charge is 0.389 e. The van der Waals surface area contributed by atoms with Crippen LogP contribution in [-0.4, -0.2) is 23.2 Å². The van der Waals surface area contributed by atoms with Gasteiger partial charge in [0, 0.05) is 12.0 Å². The molecule has 2 N–H and O–H groups in total. The zero-order valence-corrected chi connectivity index (χ0v) is 10.7. The van der Waals surface area contributed by atoms with Crippen LogP contribution in [0.25, 0.3) is 0 Å². The monoisotopic (exact) mass is 215 g/mol. The van der Waals surface area contributed by atoms with Crippen LogP contribution in [-0.2, 0) is 4.79 Å². The Kier molecular flexibility index (Phi) is 5.29. The molecule has 0 saturated heterocycles. The molecule has 0 aliphatic carbocycles. The van der Waals surface area contributed by atoms with Gasteiger partial charge < -0.3 is 10.4 Å². The third-order valence-corrected chi connectivity index (χ3v) is 2.45. The molecule has 15 heavy (non-hydrogen) atoms. The summed E-state index contributed by atoms with van der Waals surface area (Å²) in [5.41, 5.74) is -1.17. The van der Waals surface area contributed by atoms with Crippen molar-refractivity contribution in [2.45, 2.75) is 59.5 Å². The predicted octanol–water partition coefficient (Wildman–Crippen LogP) is 2.09. The predicted molar refractivity (Wildman–Crippen MR) is 62.6 cm³/mol. The zero-order valence-electron chi connectivity index (χ0n) is 10.7. The van der Waals surface area contributed by atoms with Gasteiger partial charge in [0.25, 0.3) is 0 Å². The van der Waals surface area contributed by atoms with Crippen LogP contribution >= 0.6 is 0 Å². The molecule has 0 rings (SSSR count). The van der Waals surface area contributed by atoms with E-state index in [2.05, 4.69) is 12.2 Å². The number of rotatable bonds is 6. The summed E-state index contributed by atoms with van der Waals surface area (Å²) in [6.07, 6.45) is 3.05. The van der Waals surface area contributed by atoms with E-state index in [1.165, 1.54) is 0 Å². The van der Waals surface area contributed by atoms with Crippen molar-refractivity contribution >= 4 is 5.91 Å². The second kappa shape index (κ2) is 5.50. The molecule has 0 unspecified atom stereocenters. The highest BCUT2D eigenvalue weighted by molar-refractivity contribution is 5.81. The van der Waals surface area contributed by atoms with Crippen LogP contribution in [0.5, 0.6) is 0 Å². The Morgan fingerprint density at radius 2 is 1.80 bits per heavy atom. The summed E-state index contributed by atoms with van der Waals surface area (Å²) < 4.78 is 0. The van der Waals surface area contributed by atoms with Crippen molar-refractivity contribution in [3.8, 4) is 0 Å². The lowest BCUT2D eigenvalue weighted by Gasteiger charge is -2.26. The highest BCUT2D eigenvalue weighted by Crippen LogP contribution is 2.23. The number of nitrogens with one attached hydrogen (secondary N) is 1.